The lowest BCUT2D eigenvalue weighted by Crippen LogP contribution is -2.04. The van der Waals surface area contributed by atoms with E-state index >= 15 is 0 Å². The van der Waals surface area contributed by atoms with Gasteiger partial charge in [0, 0.05) is 38.4 Å². The van der Waals surface area contributed by atoms with E-state index in [0.717, 1.165) is 55.7 Å². The first-order valence-electron chi connectivity index (χ1n) is 29.6. The number of aromatic nitrogens is 2. The lowest BCUT2D eigenvalue weighted by Gasteiger charge is -2.23. The van der Waals surface area contributed by atoms with E-state index in [9.17, 15) is 6.57 Å². The number of hydrogen-bond donors (Lipinski definition) is 0. The molecule has 0 saturated heterocycles. The SMILES string of the molecule is [C-]#[N+]c1cccc(-n2c3ccc(-c4c(C)cc(C)cc4C)cc3c3cc(-c4c(C)cc(C)cc4C)ccc32)c1-c1c(-c2ccc(C)cc2C)cccc1-n1c2ccc(-c3c(C)cc(C)cc3C)cc2c2cc(-c3c(C)cc(C)cc3C)ccc21. The molecule has 0 aliphatic rings. The molecule has 2 aromatic heterocycles. The first kappa shape index (κ1) is 53.8. The molecule has 0 unspecified atom stereocenters. The lowest BCUT2D eigenvalue weighted by molar-refractivity contribution is 1.16. The van der Waals surface area contributed by atoms with Crippen molar-refractivity contribution in [2.24, 2.45) is 0 Å². The molecule has 0 spiro atoms. The summed E-state index contributed by atoms with van der Waals surface area (Å²) in [4.78, 5) is 4.52. The van der Waals surface area contributed by atoms with E-state index in [1.165, 1.54) is 144 Å². The molecule has 0 radical (unpaired) electrons. The Labute approximate surface area is 496 Å². The van der Waals surface area contributed by atoms with Gasteiger partial charge < -0.3 is 9.13 Å². The van der Waals surface area contributed by atoms with Crippen molar-refractivity contribution < 1.29 is 0 Å². The maximum Gasteiger partial charge on any atom is 0.197 e. The average molecular weight is 1090 g/mol. The largest absolute Gasteiger partial charge is 0.310 e. The summed E-state index contributed by atoms with van der Waals surface area (Å²) in [5.41, 5.74) is 38.5. The van der Waals surface area contributed by atoms with Crippen LogP contribution in [0.5, 0.6) is 0 Å². The molecule has 3 heteroatoms. The predicted octanol–water partition coefficient (Wildman–Crippen LogP) is 22.8. The van der Waals surface area contributed by atoms with Crippen molar-refractivity contribution in [3.8, 4) is 78.1 Å². The van der Waals surface area contributed by atoms with Crippen molar-refractivity contribution in [3.63, 3.8) is 0 Å². The second-order valence-corrected chi connectivity index (χ2v) is 24.5. The molecule has 0 bridgehead atoms. The highest BCUT2D eigenvalue weighted by atomic mass is 15.0. The number of fused-ring (bicyclic) bond motifs is 6. The van der Waals surface area contributed by atoms with Crippen LogP contribution in [0.4, 0.5) is 5.69 Å². The van der Waals surface area contributed by atoms with Crippen molar-refractivity contribution in [3.05, 3.63) is 265 Å². The monoisotopic (exact) mass is 1090 g/mol. The molecule has 3 nitrogen and oxygen atoms in total. The van der Waals surface area contributed by atoms with Crippen LogP contribution in [0.2, 0.25) is 0 Å². The van der Waals surface area contributed by atoms with Crippen molar-refractivity contribution in [1.29, 1.82) is 0 Å². The summed E-state index contributed by atoms with van der Waals surface area (Å²) in [6, 6.07) is 66.7. The van der Waals surface area contributed by atoms with E-state index in [4.69, 9.17) is 0 Å². The Balaban J connectivity index is 1.16. The van der Waals surface area contributed by atoms with Crippen molar-refractivity contribution in [1.82, 2.24) is 9.13 Å². The molecule has 2 heterocycles. The zero-order valence-corrected chi connectivity index (χ0v) is 51.1. The molecule has 13 rings (SSSR count). The third-order valence-electron chi connectivity index (χ3n) is 18.0. The third kappa shape index (κ3) is 8.78. The number of hydrogen-bond acceptors (Lipinski definition) is 0. The Hall–Kier alpha value is -9.49. The Morgan fingerprint density at radius 2 is 0.571 bits per heavy atom. The Morgan fingerprint density at radius 3 is 0.893 bits per heavy atom. The van der Waals surface area contributed by atoms with E-state index < -0.39 is 0 Å². The van der Waals surface area contributed by atoms with Gasteiger partial charge in [0.05, 0.1) is 34.3 Å². The predicted molar refractivity (Wildman–Crippen MR) is 360 cm³/mol. The first-order valence-corrected chi connectivity index (χ1v) is 29.6. The smallest absolute Gasteiger partial charge is 0.197 e. The topological polar surface area (TPSA) is 14.2 Å². The minimum atomic E-state index is 0.590. The minimum Gasteiger partial charge on any atom is -0.310 e. The Kier molecular flexibility index (Phi) is 13.1. The van der Waals surface area contributed by atoms with Gasteiger partial charge in [-0.2, -0.15) is 0 Å². The third-order valence-corrected chi connectivity index (χ3v) is 18.0. The minimum absolute atomic E-state index is 0.590. The van der Waals surface area contributed by atoms with Crippen LogP contribution in [0.1, 0.15) is 77.9 Å². The van der Waals surface area contributed by atoms with E-state index in [1.54, 1.807) is 0 Å². The van der Waals surface area contributed by atoms with E-state index in [0.29, 0.717) is 5.69 Å². The van der Waals surface area contributed by atoms with Gasteiger partial charge in [0.15, 0.2) is 5.69 Å². The molecule has 0 atom stereocenters. The normalized spacial score (nSPS) is 11.7. The Morgan fingerprint density at radius 1 is 0.262 bits per heavy atom. The van der Waals surface area contributed by atoms with Crippen molar-refractivity contribution in [2.45, 2.75) is 96.9 Å². The summed E-state index contributed by atoms with van der Waals surface area (Å²) in [7, 11) is 0. The summed E-state index contributed by atoms with van der Waals surface area (Å²) < 4.78 is 4.95. The van der Waals surface area contributed by atoms with E-state index in [2.05, 4.69) is 281 Å². The molecule has 0 saturated carbocycles. The van der Waals surface area contributed by atoms with E-state index in [1.807, 2.05) is 6.07 Å². The van der Waals surface area contributed by atoms with Gasteiger partial charge in [0.1, 0.15) is 0 Å². The maximum atomic E-state index is 9.21. The van der Waals surface area contributed by atoms with Gasteiger partial charge in [-0.05, 0) is 263 Å². The molecule has 0 aliphatic heterocycles. The van der Waals surface area contributed by atoms with E-state index in [-0.39, 0.29) is 0 Å². The summed E-state index contributed by atoms with van der Waals surface area (Å²) in [5.74, 6) is 0. The lowest BCUT2D eigenvalue weighted by atomic mass is 9.88. The number of rotatable bonds is 8. The summed E-state index contributed by atoms with van der Waals surface area (Å²) >= 11 is 0. The van der Waals surface area contributed by atoms with Crippen LogP contribution >= 0.6 is 0 Å². The fourth-order valence-corrected chi connectivity index (χ4v) is 15.1. The molecule has 0 amide bonds. The summed E-state index contributed by atoms with van der Waals surface area (Å²) in [6.07, 6.45) is 0. The molecular weight excluding hydrogens is 1010 g/mol. The van der Waals surface area contributed by atoms with Crippen LogP contribution in [-0.4, -0.2) is 9.13 Å². The van der Waals surface area contributed by atoms with Crippen LogP contribution in [-0.2, 0) is 0 Å². The van der Waals surface area contributed by atoms with Crippen LogP contribution in [0, 0.1) is 104 Å². The van der Waals surface area contributed by atoms with Gasteiger partial charge in [-0.15, -0.1) is 0 Å². The standard InChI is InChI=1S/C81H71N3/c1-45-22-27-63(50(6)32-45)64-18-16-20-74(83-70-28-23-59(76-51(7)33-46(2)34-52(76)8)41-65(70)66-42-60(24-29-71(66)83)77-53(9)35-47(3)36-54(77)10)80(64)81-69(82-15)19-17-21-75(81)84-72-30-25-61(78-55(11)37-48(4)38-56(78)12)43-67(72)68-44-62(26-31-73(68)84)79-57(13)39-49(5)40-58(79)14/h16-44H,1-14H3. The van der Waals surface area contributed by atoms with Crippen LogP contribution in [0.25, 0.3) is 127 Å². The molecule has 13 aromatic rings. The molecule has 0 N–H and O–H groups in total. The highest BCUT2D eigenvalue weighted by Crippen LogP contribution is 2.50. The molecule has 410 valence electrons. The fourth-order valence-electron chi connectivity index (χ4n) is 15.1. The number of nitrogens with zero attached hydrogens (tertiary/aromatic N) is 3. The molecule has 11 aromatic carbocycles. The van der Waals surface area contributed by atoms with Gasteiger partial charge in [-0.25, -0.2) is 4.85 Å². The zero-order chi connectivity index (χ0) is 58.7. The van der Waals surface area contributed by atoms with Crippen molar-refractivity contribution >= 4 is 49.3 Å². The second kappa shape index (κ2) is 20.4. The van der Waals surface area contributed by atoms with Gasteiger partial charge in [-0.3, -0.25) is 0 Å². The molecule has 84 heavy (non-hydrogen) atoms. The van der Waals surface area contributed by atoms with Crippen LogP contribution in [0.15, 0.2) is 176 Å². The van der Waals surface area contributed by atoms with Crippen LogP contribution < -0.4 is 0 Å². The van der Waals surface area contributed by atoms with Crippen molar-refractivity contribution in [2.75, 3.05) is 0 Å². The quantitative estimate of drug-likeness (QED) is 0.135. The highest BCUT2D eigenvalue weighted by molar-refractivity contribution is 6.15. The fraction of sp³-hybridized carbons (Fsp3) is 0.173. The van der Waals surface area contributed by atoms with Crippen LogP contribution in [0.3, 0.4) is 0 Å². The van der Waals surface area contributed by atoms with Gasteiger partial charge in [0.2, 0.25) is 0 Å². The van der Waals surface area contributed by atoms with Gasteiger partial charge in [0.25, 0.3) is 0 Å². The summed E-state index contributed by atoms with van der Waals surface area (Å²) in [5, 5.41) is 4.69. The molecule has 0 aliphatic carbocycles. The van der Waals surface area contributed by atoms with Gasteiger partial charge >= 0.3 is 0 Å². The maximum absolute atomic E-state index is 9.21. The zero-order valence-electron chi connectivity index (χ0n) is 51.1. The van der Waals surface area contributed by atoms with Gasteiger partial charge in [-0.1, -0.05) is 143 Å². The average Bonchev–Trinajstić information content (AvgIpc) is 2.38. The highest BCUT2D eigenvalue weighted by Gasteiger charge is 2.27. The number of aryl methyl sites for hydroxylation is 14. The Bertz CT molecular complexity index is 4680. The second-order valence-electron chi connectivity index (χ2n) is 24.5. The molecule has 0 fully saturated rings. The molecular formula is C81H71N3. The summed E-state index contributed by atoms with van der Waals surface area (Å²) in [6.45, 7) is 40.3. The first-order chi connectivity index (χ1) is 40.4. The number of benzene rings is 11.